The maximum absolute atomic E-state index is 12.8. The van der Waals surface area contributed by atoms with Crippen LogP contribution in [0, 0.1) is 6.92 Å². The van der Waals surface area contributed by atoms with Gasteiger partial charge in [0, 0.05) is 39.0 Å². The van der Waals surface area contributed by atoms with E-state index in [2.05, 4.69) is 4.98 Å². The number of rotatable bonds is 5. The van der Waals surface area contributed by atoms with E-state index in [1.807, 2.05) is 31.2 Å². The molecule has 2 heterocycles. The second-order valence-corrected chi connectivity index (χ2v) is 10.2. The molecule has 0 spiro atoms. The summed E-state index contributed by atoms with van der Waals surface area (Å²) in [6, 6.07) is 14.8. The second kappa shape index (κ2) is 8.22. The molecule has 0 saturated carbocycles. The Morgan fingerprint density at radius 1 is 1.03 bits per heavy atom. The second-order valence-electron chi connectivity index (χ2n) is 7.17. The number of aromatic nitrogens is 1. The molecule has 1 amide bonds. The van der Waals surface area contributed by atoms with Crippen LogP contribution in [0.3, 0.4) is 0 Å². The Kier molecular flexibility index (Phi) is 5.67. The van der Waals surface area contributed by atoms with Gasteiger partial charge in [-0.3, -0.25) is 4.79 Å². The highest BCUT2D eigenvalue weighted by Gasteiger charge is 2.29. The van der Waals surface area contributed by atoms with Crippen LogP contribution in [0.2, 0.25) is 0 Å². The van der Waals surface area contributed by atoms with Crippen molar-refractivity contribution >= 4 is 37.5 Å². The van der Waals surface area contributed by atoms with E-state index in [-0.39, 0.29) is 5.91 Å². The van der Waals surface area contributed by atoms with Crippen LogP contribution >= 0.6 is 11.3 Å². The summed E-state index contributed by atoms with van der Waals surface area (Å²) >= 11 is 1.62. The van der Waals surface area contributed by atoms with Crippen molar-refractivity contribution in [2.45, 2.75) is 24.7 Å². The number of carbonyl (C=O) groups excluding carboxylic acids is 1. The molecular weight excluding hydrogens is 406 g/mol. The normalized spacial score (nSPS) is 15.7. The Labute approximate surface area is 174 Å². The minimum atomic E-state index is -3.51. The number of fused-ring (bicyclic) bond motifs is 1. The van der Waals surface area contributed by atoms with Crippen LogP contribution in [-0.4, -0.2) is 54.7 Å². The van der Waals surface area contributed by atoms with Gasteiger partial charge in [-0.05, 0) is 31.2 Å². The number of aryl methyl sites for hydroxylation is 2. The highest BCUT2D eigenvalue weighted by atomic mass is 32.2. The van der Waals surface area contributed by atoms with Crippen molar-refractivity contribution in [3.05, 3.63) is 59.1 Å². The summed E-state index contributed by atoms with van der Waals surface area (Å²) in [5.74, 6) is 0.0524. The summed E-state index contributed by atoms with van der Waals surface area (Å²) in [5, 5.41) is 0.958. The molecule has 2 aromatic carbocycles. The van der Waals surface area contributed by atoms with E-state index in [4.69, 9.17) is 0 Å². The Morgan fingerprint density at radius 2 is 1.72 bits per heavy atom. The molecular formula is C21H23N3O3S2. The molecule has 0 atom stereocenters. The molecule has 8 heteroatoms. The van der Waals surface area contributed by atoms with Gasteiger partial charge in [0.25, 0.3) is 0 Å². The highest BCUT2D eigenvalue weighted by molar-refractivity contribution is 7.89. The summed E-state index contributed by atoms with van der Waals surface area (Å²) < 4.78 is 28.2. The lowest BCUT2D eigenvalue weighted by atomic mass is 10.2. The van der Waals surface area contributed by atoms with Crippen molar-refractivity contribution in [1.29, 1.82) is 0 Å². The van der Waals surface area contributed by atoms with E-state index in [0.717, 1.165) is 20.8 Å². The van der Waals surface area contributed by atoms with E-state index in [1.54, 1.807) is 40.5 Å². The summed E-state index contributed by atoms with van der Waals surface area (Å²) in [5.41, 5.74) is 1.99. The van der Waals surface area contributed by atoms with E-state index in [9.17, 15) is 13.2 Å². The zero-order valence-corrected chi connectivity index (χ0v) is 17.9. The zero-order valence-electron chi connectivity index (χ0n) is 16.2. The fourth-order valence-electron chi connectivity index (χ4n) is 3.44. The molecule has 6 nitrogen and oxygen atoms in total. The van der Waals surface area contributed by atoms with E-state index in [1.165, 1.54) is 4.31 Å². The first kappa shape index (κ1) is 20.0. The van der Waals surface area contributed by atoms with Crippen molar-refractivity contribution in [3.8, 4) is 0 Å². The quantitative estimate of drug-likeness (QED) is 0.625. The van der Waals surface area contributed by atoms with E-state index >= 15 is 0 Å². The third kappa shape index (κ3) is 4.34. The van der Waals surface area contributed by atoms with Crippen LogP contribution in [0.1, 0.15) is 17.0 Å². The van der Waals surface area contributed by atoms with Gasteiger partial charge < -0.3 is 4.90 Å². The SMILES string of the molecule is Cc1ccc(S(=O)(=O)N2CCN(C(=O)CCc3nc4ccccc4s3)CC2)cc1. The van der Waals surface area contributed by atoms with Gasteiger partial charge in [0.2, 0.25) is 15.9 Å². The Hall–Kier alpha value is -2.29. The predicted molar refractivity (Wildman–Crippen MR) is 114 cm³/mol. The predicted octanol–water partition coefficient (Wildman–Crippen LogP) is 3.07. The lowest BCUT2D eigenvalue weighted by Gasteiger charge is -2.34. The number of hydrogen-bond donors (Lipinski definition) is 0. The summed E-state index contributed by atoms with van der Waals surface area (Å²) in [6.07, 6.45) is 1.00. The summed E-state index contributed by atoms with van der Waals surface area (Å²) in [7, 11) is -3.51. The monoisotopic (exact) mass is 429 g/mol. The topological polar surface area (TPSA) is 70.6 Å². The molecule has 4 rings (SSSR count). The van der Waals surface area contributed by atoms with Crippen LogP contribution in [0.15, 0.2) is 53.4 Å². The molecule has 0 bridgehead atoms. The number of nitrogens with zero attached hydrogens (tertiary/aromatic N) is 3. The third-order valence-corrected chi connectivity index (χ3v) is 8.15. The standard InChI is InChI=1S/C21H23N3O3S2/c1-16-6-8-17(9-7-16)29(26,27)24-14-12-23(13-15-24)21(25)11-10-20-22-18-4-2-3-5-19(18)28-20/h2-9H,10-15H2,1H3. The number of para-hydroxylation sites is 1. The molecule has 1 saturated heterocycles. The number of piperazine rings is 1. The lowest BCUT2D eigenvalue weighted by molar-refractivity contribution is -0.132. The zero-order chi connectivity index (χ0) is 20.4. The first-order valence-electron chi connectivity index (χ1n) is 9.62. The first-order chi connectivity index (χ1) is 13.9. The van der Waals surface area contributed by atoms with Crippen LogP contribution in [0.4, 0.5) is 0 Å². The van der Waals surface area contributed by atoms with Gasteiger partial charge in [0.1, 0.15) is 0 Å². The first-order valence-corrected chi connectivity index (χ1v) is 11.9. The number of amides is 1. The summed E-state index contributed by atoms with van der Waals surface area (Å²) in [4.78, 5) is 19.2. The van der Waals surface area contributed by atoms with Gasteiger partial charge in [-0.1, -0.05) is 29.8 Å². The van der Waals surface area contributed by atoms with E-state index < -0.39 is 10.0 Å². The van der Waals surface area contributed by atoms with Gasteiger partial charge >= 0.3 is 0 Å². The van der Waals surface area contributed by atoms with Crippen LogP contribution < -0.4 is 0 Å². The minimum Gasteiger partial charge on any atom is -0.340 e. The van der Waals surface area contributed by atoms with Crippen LogP contribution in [-0.2, 0) is 21.2 Å². The van der Waals surface area contributed by atoms with Crippen LogP contribution in [0.5, 0.6) is 0 Å². The maximum atomic E-state index is 12.8. The average Bonchev–Trinajstić information content (AvgIpc) is 3.15. The van der Waals surface area contributed by atoms with Crippen LogP contribution in [0.25, 0.3) is 10.2 Å². The van der Waals surface area contributed by atoms with E-state index in [0.29, 0.717) is 43.9 Å². The van der Waals surface area contributed by atoms with Gasteiger partial charge in [0.05, 0.1) is 20.1 Å². The summed E-state index contributed by atoms with van der Waals surface area (Å²) in [6.45, 7) is 3.41. The largest absolute Gasteiger partial charge is 0.340 e. The Morgan fingerprint density at radius 3 is 2.41 bits per heavy atom. The fraction of sp³-hybridized carbons (Fsp3) is 0.333. The molecule has 0 radical (unpaired) electrons. The van der Waals surface area contributed by atoms with Gasteiger partial charge in [-0.2, -0.15) is 4.31 Å². The Bertz CT molecular complexity index is 1080. The smallest absolute Gasteiger partial charge is 0.243 e. The molecule has 1 fully saturated rings. The van der Waals surface area contributed by atoms with Crippen molar-refractivity contribution in [2.75, 3.05) is 26.2 Å². The van der Waals surface area contributed by atoms with Crippen molar-refractivity contribution < 1.29 is 13.2 Å². The molecule has 0 N–H and O–H groups in total. The molecule has 1 aromatic heterocycles. The van der Waals surface area contributed by atoms with Gasteiger partial charge in [0.15, 0.2) is 0 Å². The minimum absolute atomic E-state index is 0.0524. The maximum Gasteiger partial charge on any atom is 0.243 e. The number of hydrogen-bond acceptors (Lipinski definition) is 5. The molecule has 1 aliphatic rings. The third-order valence-electron chi connectivity index (χ3n) is 5.14. The highest BCUT2D eigenvalue weighted by Crippen LogP contribution is 2.23. The Balaban J connectivity index is 1.32. The fourth-order valence-corrected chi connectivity index (χ4v) is 5.83. The molecule has 0 unspecified atom stereocenters. The number of thiazole rings is 1. The molecule has 3 aromatic rings. The van der Waals surface area contributed by atoms with Crippen molar-refractivity contribution in [3.63, 3.8) is 0 Å². The molecule has 152 valence electrons. The average molecular weight is 430 g/mol. The van der Waals surface area contributed by atoms with Gasteiger partial charge in [-0.25, -0.2) is 13.4 Å². The number of carbonyl (C=O) groups is 1. The molecule has 29 heavy (non-hydrogen) atoms. The lowest BCUT2D eigenvalue weighted by Crippen LogP contribution is -2.50. The molecule has 1 aliphatic heterocycles. The molecule has 0 aliphatic carbocycles. The number of benzene rings is 2. The van der Waals surface area contributed by atoms with Crippen molar-refractivity contribution in [1.82, 2.24) is 14.2 Å². The van der Waals surface area contributed by atoms with Gasteiger partial charge in [-0.15, -0.1) is 11.3 Å². The number of sulfonamides is 1. The van der Waals surface area contributed by atoms with Crippen molar-refractivity contribution in [2.24, 2.45) is 0 Å².